The van der Waals surface area contributed by atoms with Gasteiger partial charge in [-0.05, 0) is 21.1 Å². The third-order valence-corrected chi connectivity index (χ3v) is 1.30. The van der Waals surface area contributed by atoms with Crippen LogP contribution in [0.25, 0.3) is 0 Å². The van der Waals surface area contributed by atoms with Crippen LogP contribution < -0.4 is 0 Å². The minimum Gasteiger partial charge on any atom is -0.349 e. The van der Waals surface area contributed by atoms with Gasteiger partial charge in [-0.1, -0.05) is 77.9 Å². The van der Waals surface area contributed by atoms with E-state index in [1.54, 1.807) is 14.1 Å². The van der Waals surface area contributed by atoms with Crippen molar-refractivity contribution in [3.05, 3.63) is 36.4 Å². The Morgan fingerprint density at radius 1 is 0.591 bits per heavy atom. The van der Waals surface area contributed by atoms with Crippen molar-refractivity contribution in [2.24, 2.45) is 0 Å². The van der Waals surface area contributed by atoms with Gasteiger partial charge in [-0.2, -0.15) is 0 Å². The molecule has 0 heterocycles. The Morgan fingerprint density at radius 2 is 0.682 bits per heavy atom. The summed E-state index contributed by atoms with van der Waals surface area (Å²) in [6.07, 6.45) is 0. The standard InChI is InChI=1S/C6H6.C4H9NO.C3H9N.3C2H6/c1-2-4-6-5-3-1;1-4(6)5(2)3;1-4(2)3;3*1-2/h1-6H;1-3H3;1-3H3;3*1-2H3. The van der Waals surface area contributed by atoms with E-state index in [9.17, 15) is 4.79 Å². The second-order valence-corrected chi connectivity index (χ2v) is 3.91. The van der Waals surface area contributed by atoms with E-state index >= 15 is 0 Å². The van der Waals surface area contributed by atoms with Crippen LogP contribution >= 0.6 is 0 Å². The fraction of sp³-hybridized carbons (Fsp3) is 0.632. The van der Waals surface area contributed by atoms with Gasteiger partial charge < -0.3 is 9.80 Å². The highest BCUT2D eigenvalue weighted by Gasteiger charge is 1.87. The number of benzene rings is 1. The van der Waals surface area contributed by atoms with E-state index in [1.807, 2.05) is 104 Å². The minimum atomic E-state index is 0.0926. The number of amides is 1. The van der Waals surface area contributed by atoms with Gasteiger partial charge in [-0.3, -0.25) is 4.79 Å². The highest BCUT2D eigenvalue weighted by atomic mass is 16.2. The summed E-state index contributed by atoms with van der Waals surface area (Å²) in [4.78, 5) is 13.6. The highest BCUT2D eigenvalue weighted by Crippen LogP contribution is 1.79. The van der Waals surface area contributed by atoms with Gasteiger partial charge >= 0.3 is 0 Å². The maximum Gasteiger partial charge on any atom is 0.218 e. The molecule has 0 aliphatic carbocycles. The van der Waals surface area contributed by atoms with Crippen molar-refractivity contribution in [3.63, 3.8) is 0 Å². The molecule has 0 N–H and O–H groups in total. The van der Waals surface area contributed by atoms with Crippen LogP contribution in [0.4, 0.5) is 0 Å². The van der Waals surface area contributed by atoms with Crippen molar-refractivity contribution in [2.45, 2.75) is 48.5 Å². The monoisotopic (exact) mass is 314 g/mol. The Labute approximate surface area is 141 Å². The zero-order valence-corrected chi connectivity index (χ0v) is 17.3. The lowest BCUT2D eigenvalue weighted by Gasteiger charge is -2.02. The Bertz CT molecular complexity index is 217. The van der Waals surface area contributed by atoms with Crippen LogP contribution in [0.2, 0.25) is 0 Å². The van der Waals surface area contributed by atoms with Crippen molar-refractivity contribution < 1.29 is 4.79 Å². The summed E-state index contributed by atoms with van der Waals surface area (Å²) < 4.78 is 0. The van der Waals surface area contributed by atoms with Crippen LogP contribution in [0.1, 0.15) is 48.5 Å². The summed E-state index contributed by atoms with van der Waals surface area (Å²) >= 11 is 0. The third-order valence-electron chi connectivity index (χ3n) is 1.30. The minimum absolute atomic E-state index is 0.0926. The molecule has 1 amide bonds. The predicted molar refractivity (Wildman–Crippen MR) is 104 cm³/mol. The van der Waals surface area contributed by atoms with Gasteiger partial charge in [-0.15, -0.1) is 0 Å². The summed E-state index contributed by atoms with van der Waals surface area (Å²) in [7, 11) is 9.45. The molecule has 0 radical (unpaired) electrons. The van der Waals surface area contributed by atoms with Gasteiger partial charge in [0, 0.05) is 21.0 Å². The highest BCUT2D eigenvalue weighted by molar-refractivity contribution is 5.72. The molecule has 1 aromatic carbocycles. The van der Waals surface area contributed by atoms with Gasteiger partial charge in [0.25, 0.3) is 0 Å². The van der Waals surface area contributed by atoms with Gasteiger partial charge in [0.1, 0.15) is 0 Å². The maximum absolute atomic E-state index is 10.1. The molecule has 0 aromatic heterocycles. The van der Waals surface area contributed by atoms with Gasteiger partial charge in [0.2, 0.25) is 5.91 Å². The van der Waals surface area contributed by atoms with Crippen LogP contribution in [0.15, 0.2) is 36.4 Å². The molecule has 1 rings (SSSR count). The molecular weight excluding hydrogens is 272 g/mol. The SMILES string of the molecule is CC.CC.CC.CC(=O)N(C)C.CN(C)C.c1ccccc1. The molecule has 0 aliphatic rings. The second kappa shape index (κ2) is 36.7. The van der Waals surface area contributed by atoms with Crippen LogP contribution in [-0.4, -0.2) is 50.9 Å². The Balaban J connectivity index is -0.0000000569. The van der Waals surface area contributed by atoms with Crippen LogP contribution in [0.3, 0.4) is 0 Å². The van der Waals surface area contributed by atoms with E-state index in [2.05, 4.69) is 0 Å². The van der Waals surface area contributed by atoms with E-state index in [0.717, 1.165) is 0 Å². The first kappa shape index (κ1) is 32.6. The Hall–Kier alpha value is -1.35. The predicted octanol–water partition coefficient (Wildman–Crippen LogP) is 5.04. The molecule has 0 unspecified atom stereocenters. The Kier molecular flexibility index (Phi) is 54.3. The first-order valence-electron chi connectivity index (χ1n) is 8.16. The fourth-order valence-electron chi connectivity index (χ4n) is 0.385. The van der Waals surface area contributed by atoms with Gasteiger partial charge in [0.15, 0.2) is 0 Å². The Morgan fingerprint density at radius 3 is 0.727 bits per heavy atom. The zero-order valence-electron chi connectivity index (χ0n) is 17.3. The summed E-state index contributed by atoms with van der Waals surface area (Å²) in [5, 5.41) is 0. The normalized spacial score (nSPS) is 6.77. The van der Waals surface area contributed by atoms with E-state index in [1.165, 1.54) is 11.8 Å². The number of hydrogen-bond donors (Lipinski definition) is 0. The largest absolute Gasteiger partial charge is 0.349 e. The molecule has 0 aliphatic heterocycles. The van der Waals surface area contributed by atoms with Crippen LogP contribution in [0.5, 0.6) is 0 Å². The van der Waals surface area contributed by atoms with Crippen LogP contribution in [-0.2, 0) is 4.79 Å². The van der Waals surface area contributed by atoms with E-state index < -0.39 is 0 Å². The molecule has 3 nitrogen and oxygen atoms in total. The lowest BCUT2D eigenvalue weighted by Crippen LogP contribution is -2.17. The van der Waals surface area contributed by atoms with Crippen molar-refractivity contribution in [2.75, 3.05) is 35.2 Å². The molecule has 3 heteroatoms. The molecule has 22 heavy (non-hydrogen) atoms. The van der Waals surface area contributed by atoms with Crippen LogP contribution in [0, 0.1) is 0 Å². The molecular formula is C19H42N2O. The first-order chi connectivity index (χ1) is 10.4. The average molecular weight is 315 g/mol. The van der Waals surface area contributed by atoms with Gasteiger partial charge in [-0.25, -0.2) is 0 Å². The number of nitrogens with zero attached hydrogens (tertiary/aromatic N) is 2. The maximum atomic E-state index is 10.1. The summed E-state index contributed by atoms with van der Waals surface area (Å²) in [6, 6.07) is 12.0. The van der Waals surface area contributed by atoms with Gasteiger partial charge in [0.05, 0.1) is 0 Å². The number of carbonyl (C=O) groups excluding carboxylic acids is 1. The van der Waals surface area contributed by atoms with Crippen molar-refractivity contribution in [3.8, 4) is 0 Å². The second-order valence-electron chi connectivity index (χ2n) is 3.91. The summed E-state index contributed by atoms with van der Waals surface area (Å²) in [6.45, 7) is 13.5. The lowest BCUT2D eigenvalue weighted by molar-refractivity contribution is -0.126. The quantitative estimate of drug-likeness (QED) is 0.670. The summed E-state index contributed by atoms with van der Waals surface area (Å²) in [5.74, 6) is 0.0926. The smallest absolute Gasteiger partial charge is 0.218 e. The van der Waals surface area contributed by atoms with Crippen molar-refractivity contribution >= 4 is 5.91 Å². The molecule has 0 bridgehead atoms. The zero-order chi connectivity index (χ0) is 19.0. The molecule has 134 valence electrons. The van der Waals surface area contributed by atoms with E-state index in [4.69, 9.17) is 0 Å². The van der Waals surface area contributed by atoms with Crippen molar-refractivity contribution in [1.82, 2.24) is 9.80 Å². The number of hydrogen-bond acceptors (Lipinski definition) is 2. The molecule has 0 saturated heterocycles. The topological polar surface area (TPSA) is 23.6 Å². The first-order valence-corrected chi connectivity index (χ1v) is 8.16. The molecule has 0 atom stereocenters. The molecule has 0 saturated carbocycles. The number of carbonyl (C=O) groups is 1. The molecule has 0 spiro atoms. The third kappa shape index (κ3) is 77.6. The van der Waals surface area contributed by atoms with E-state index in [0.29, 0.717) is 0 Å². The lowest BCUT2D eigenvalue weighted by atomic mass is 10.4. The van der Waals surface area contributed by atoms with E-state index in [-0.39, 0.29) is 5.91 Å². The average Bonchev–Trinajstić information content (AvgIpc) is 2.55. The molecule has 1 aromatic rings. The number of rotatable bonds is 0. The van der Waals surface area contributed by atoms with Crippen molar-refractivity contribution in [1.29, 1.82) is 0 Å². The summed E-state index contributed by atoms with van der Waals surface area (Å²) in [5.41, 5.74) is 0. The fourth-order valence-corrected chi connectivity index (χ4v) is 0.385. The molecule has 0 fully saturated rings.